The molecule has 0 unspecified atom stereocenters. The van der Waals surface area contributed by atoms with Gasteiger partial charge in [0.25, 0.3) is 10.0 Å². The molecular formula is C22H27ClN6O3S2. The van der Waals surface area contributed by atoms with Crippen LogP contribution in [0.25, 0.3) is 10.9 Å². The number of aliphatic imine (C=N–C) groups is 1. The van der Waals surface area contributed by atoms with E-state index in [2.05, 4.69) is 19.9 Å². The molecule has 0 spiro atoms. The van der Waals surface area contributed by atoms with E-state index in [-0.39, 0.29) is 31.4 Å². The van der Waals surface area contributed by atoms with Gasteiger partial charge in [-0.1, -0.05) is 17.7 Å². The van der Waals surface area contributed by atoms with Crippen LogP contribution >= 0.6 is 23.8 Å². The van der Waals surface area contributed by atoms with Crippen LogP contribution in [0, 0.1) is 0 Å². The summed E-state index contributed by atoms with van der Waals surface area (Å²) in [4.78, 5) is 18.3. The van der Waals surface area contributed by atoms with E-state index >= 15 is 0 Å². The second-order valence-corrected chi connectivity index (χ2v) is 10.3. The maximum atomic E-state index is 12.6. The van der Waals surface area contributed by atoms with E-state index in [1.54, 1.807) is 12.1 Å². The monoisotopic (exact) mass is 522 g/mol. The fourth-order valence-corrected chi connectivity index (χ4v) is 5.39. The van der Waals surface area contributed by atoms with Crippen molar-refractivity contribution in [3.8, 4) is 0 Å². The largest absolute Gasteiger partial charge is 0.390 e. The number of nitrogens with two attached hydrogens (primary N) is 1. The van der Waals surface area contributed by atoms with E-state index in [4.69, 9.17) is 29.6 Å². The highest BCUT2D eigenvalue weighted by molar-refractivity contribution is 7.91. The van der Waals surface area contributed by atoms with Crippen LogP contribution < -0.4 is 20.7 Å². The Kier molecular flexibility index (Phi) is 7.05. The summed E-state index contributed by atoms with van der Waals surface area (Å²) < 4.78 is 28.8. The standard InChI is InChI=1S/C22H23ClN6O3S2.2H2/c23-16-2-1-15-7-9-29(20(15)11-16)13-21(30)26-17-8-10-28(12-17)18-3-5-19(6-4-18)34(31,32)27-22(33)25-14-24;;/h1-7,9,11,14,17H,8,10,12-13H2,(H,26,30)(H3,24,25,27,33);2*1H/t17-;;/m0../s1. The smallest absolute Gasteiger partial charge is 0.263 e. The van der Waals surface area contributed by atoms with Crippen LogP contribution in [0.4, 0.5) is 5.69 Å². The number of halogens is 1. The summed E-state index contributed by atoms with van der Waals surface area (Å²) in [6.07, 6.45) is 3.59. The highest BCUT2D eigenvalue weighted by Gasteiger charge is 2.25. The van der Waals surface area contributed by atoms with Gasteiger partial charge in [-0.05, 0) is 66.5 Å². The number of amides is 1. The van der Waals surface area contributed by atoms with E-state index in [0.717, 1.165) is 35.9 Å². The van der Waals surface area contributed by atoms with E-state index in [1.165, 1.54) is 12.1 Å². The number of hydrogen-bond acceptors (Lipinski definition) is 5. The van der Waals surface area contributed by atoms with Gasteiger partial charge >= 0.3 is 0 Å². The Hall–Kier alpha value is -3.15. The number of anilines is 1. The second-order valence-electron chi connectivity index (χ2n) is 7.83. The molecule has 4 N–H and O–H groups in total. The maximum Gasteiger partial charge on any atom is 0.263 e. The van der Waals surface area contributed by atoms with E-state index < -0.39 is 10.0 Å². The van der Waals surface area contributed by atoms with Gasteiger partial charge in [0.05, 0.1) is 11.2 Å². The summed E-state index contributed by atoms with van der Waals surface area (Å²) in [5.74, 6) is -0.0760. The first-order chi connectivity index (χ1) is 16.2. The third kappa shape index (κ3) is 5.49. The van der Waals surface area contributed by atoms with Gasteiger partial charge < -0.3 is 20.5 Å². The van der Waals surface area contributed by atoms with Gasteiger partial charge in [-0.15, -0.1) is 0 Å². The molecule has 1 aromatic heterocycles. The van der Waals surface area contributed by atoms with Crippen LogP contribution in [-0.4, -0.2) is 49.5 Å². The summed E-state index contributed by atoms with van der Waals surface area (Å²) >= 11 is 10.9. The SMILES string of the molecule is NC=NC(=S)NS(=O)(=O)c1ccc(N2CC[C@H](NC(=O)Cn3ccc4ccc(Cl)cc43)C2)cc1.[HH].[HH]. The number of aromatic nitrogens is 1. The lowest BCUT2D eigenvalue weighted by Gasteiger charge is -2.19. The minimum atomic E-state index is -3.84. The molecule has 0 aliphatic carbocycles. The number of rotatable bonds is 6. The average Bonchev–Trinajstić information content (AvgIpc) is 3.41. The van der Waals surface area contributed by atoms with Crippen LogP contribution in [0.15, 0.2) is 64.6 Å². The molecular weight excluding hydrogens is 496 g/mol. The van der Waals surface area contributed by atoms with Crippen molar-refractivity contribution in [1.29, 1.82) is 0 Å². The van der Waals surface area contributed by atoms with Gasteiger partial charge in [0, 0.05) is 44.4 Å². The van der Waals surface area contributed by atoms with Crippen LogP contribution in [-0.2, 0) is 21.4 Å². The zero-order valence-electron chi connectivity index (χ0n) is 18.0. The Labute approximate surface area is 210 Å². The molecule has 4 rings (SSSR count). The van der Waals surface area contributed by atoms with Crippen LogP contribution in [0.3, 0.4) is 0 Å². The molecule has 9 nitrogen and oxygen atoms in total. The molecule has 182 valence electrons. The minimum absolute atomic E-state index is 0. The zero-order chi connectivity index (χ0) is 24.3. The Morgan fingerprint density at radius 3 is 2.76 bits per heavy atom. The Balaban J connectivity index is 0.00000228. The molecule has 3 aromatic rings. The van der Waals surface area contributed by atoms with Crippen molar-refractivity contribution in [2.75, 3.05) is 18.0 Å². The van der Waals surface area contributed by atoms with Crippen molar-refractivity contribution in [1.82, 2.24) is 14.6 Å². The molecule has 1 saturated heterocycles. The first kappa shape index (κ1) is 24.0. The summed E-state index contributed by atoms with van der Waals surface area (Å²) in [7, 11) is -3.84. The average molecular weight is 523 g/mol. The first-order valence-electron chi connectivity index (χ1n) is 10.4. The van der Waals surface area contributed by atoms with Crippen molar-refractivity contribution in [2.45, 2.75) is 23.9 Å². The van der Waals surface area contributed by atoms with Crippen molar-refractivity contribution >= 4 is 67.8 Å². The fourth-order valence-electron chi connectivity index (χ4n) is 3.94. The Morgan fingerprint density at radius 2 is 2.03 bits per heavy atom. The zero-order valence-corrected chi connectivity index (χ0v) is 20.4. The van der Waals surface area contributed by atoms with E-state index in [0.29, 0.717) is 11.6 Å². The highest BCUT2D eigenvalue weighted by atomic mass is 35.5. The van der Waals surface area contributed by atoms with Crippen LogP contribution in [0.1, 0.15) is 9.27 Å². The summed E-state index contributed by atoms with van der Waals surface area (Å²) in [5, 5.41) is 4.50. The molecule has 2 heterocycles. The third-order valence-electron chi connectivity index (χ3n) is 5.53. The lowest BCUT2D eigenvalue weighted by molar-refractivity contribution is -0.122. The highest BCUT2D eigenvalue weighted by Crippen LogP contribution is 2.23. The molecule has 0 radical (unpaired) electrons. The van der Waals surface area contributed by atoms with Gasteiger partial charge in [0.1, 0.15) is 6.54 Å². The molecule has 1 aliphatic heterocycles. The number of nitrogens with zero attached hydrogens (tertiary/aromatic N) is 3. The second kappa shape index (κ2) is 10.00. The fraction of sp³-hybridized carbons (Fsp3) is 0.227. The quantitative estimate of drug-likeness (QED) is 0.260. The van der Waals surface area contributed by atoms with Crippen molar-refractivity contribution < 1.29 is 16.1 Å². The molecule has 12 heteroatoms. The minimum Gasteiger partial charge on any atom is -0.390 e. The normalized spacial score (nSPS) is 16.3. The first-order valence-corrected chi connectivity index (χ1v) is 12.7. The van der Waals surface area contributed by atoms with Gasteiger partial charge in [0.15, 0.2) is 0 Å². The molecule has 1 fully saturated rings. The summed E-state index contributed by atoms with van der Waals surface area (Å²) in [6, 6.07) is 14.0. The van der Waals surface area contributed by atoms with Gasteiger partial charge in [-0.3, -0.25) is 9.52 Å². The van der Waals surface area contributed by atoms with E-state index in [1.807, 2.05) is 35.0 Å². The predicted molar refractivity (Wildman–Crippen MR) is 142 cm³/mol. The molecule has 1 aliphatic rings. The van der Waals surface area contributed by atoms with Crippen LogP contribution in [0.2, 0.25) is 5.02 Å². The van der Waals surface area contributed by atoms with Gasteiger partial charge in [-0.25, -0.2) is 13.4 Å². The topological polar surface area (TPSA) is 122 Å². The summed E-state index contributed by atoms with van der Waals surface area (Å²) in [5.41, 5.74) is 6.91. The van der Waals surface area contributed by atoms with Gasteiger partial charge in [0.2, 0.25) is 11.0 Å². The number of hydrogen-bond donors (Lipinski definition) is 3. The number of sulfonamides is 1. The number of carbonyl (C=O) groups excluding carboxylic acids is 1. The molecule has 2 aromatic carbocycles. The van der Waals surface area contributed by atoms with Crippen LogP contribution in [0.5, 0.6) is 0 Å². The third-order valence-corrected chi connectivity index (χ3v) is 7.46. The van der Waals surface area contributed by atoms with Gasteiger partial charge in [-0.2, -0.15) is 0 Å². The maximum absolute atomic E-state index is 12.6. The number of fused-ring (bicyclic) bond motifs is 1. The lowest BCUT2D eigenvalue weighted by atomic mass is 10.2. The van der Waals surface area contributed by atoms with Crippen molar-refractivity contribution in [3.63, 3.8) is 0 Å². The number of nitrogens with one attached hydrogen (secondary N) is 2. The molecule has 34 heavy (non-hydrogen) atoms. The van der Waals surface area contributed by atoms with Crippen molar-refractivity contribution in [2.24, 2.45) is 10.7 Å². The predicted octanol–water partition coefficient (Wildman–Crippen LogP) is 2.73. The molecule has 1 amide bonds. The molecule has 0 bridgehead atoms. The molecule has 0 saturated carbocycles. The van der Waals surface area contributed by atoms with Crippen molar-refractivity contribution in [3.05, 3.63) is 59.8 Å². The Morgan fingerprint density at radius 1 is 1.26 bits per heavy atom. The number of thiocarbonyl (C=S) groups is 1. The summed E-state index contributed by atoms with van der Waals surface area (Å²) in [6.45, 7) is 1.58. The Bertz CT molecular complexity index is 1370. The number of benzene rings is 2. The molecule has 1 atom stereocenters. The lowest BCUT2D eigenvalue weighted by Crippen LogP contribution is -2.38. The van der Waals surface area contributed by atoms with E-state index in [9.17, 15) is 13.2 Å². The number of carbonyl (C=O) groups is 1.